The number of hydrogen-bond acceptors (Lipinski definition) is 4. The van der Waals surface area contributed by atoms with Gasteiger partial charge >= 0.3 is 0 Å². The standard InChI is InChI=1S/C16H16N2O3/c1-10-4-3-5-12(6-10)8-13-9-15(19)18(16(13)20)14-7-11(2)21-17-14/h3-7,13H,8-9H2,1-2H3. The molecule has 1 aromatic heterocycles. The van der Waals surface area contributed by atoms with Gasteiger partial charge in [0.25, 0.3) is 0 Å². The number of aromatic nitrogens is 1. The molecule has 0 aliphatic carbocycles. The van der Waals surface area contributed by atoms with Gasteiger partial charge < -0.3 is 4.52 Å². The van der Waals surface area contributed by atoms with Crippen molar-refractivity contribution in [3.05, 3.63) is 47.2 Å². The van der Waals surface area contributed by atoms with E-state index in [9.17, 15) is 9.59 Å². The number of anilines is 1. The van der Waals surface area contributed by atoms with Crippen molar-refractivity contribution in [3.8, 4) is 0 Å². The van der Waals surface area contributed by atoms with Crippen LogP contribution in [-0.4, -0.2) is 17.0 Å². The molecule has 1 saturated heterocycles. The van der Waals surface area contributed by atoms with Crippen molar-refractivity contribution in [2.45, 2.75) is 26.7 Å². The van der Waals surface area contributed by atoms with Crippen molar-refractivity contribution in [3.63, 3.8) is 0 Å². The largest absolute Gasteiger partial charge is 0.360 e. The maximum absolute atomic E-state index is 12.4. The molecule has 0 bridgehead atoms. The van der Waals surface area contributed by atoms with E-state index in [1.54, 1.807) is 13.0 Å². The van der Waals surface area contributed by atoms with Gasteiger partial charge in [-0.05, 0) is 25.8 Å². The lowest BCUT2D eigenvalue weighted by molar-refractivity contribution is -0.122. The summed E-state index contributed by atoms with van der Waals surface area (Å²) in [4.78, 5) is 25.7. The van der Waals surface area contributed by atoms with Gasteiger partial charge in [-0.2, -0.15) is 0 Å². The Morgan fingerprint density at radius 1 is 1.29 bits per heavy atom. The van der Waals surface area contributed by atoms with Crippen LogP contribution in [0.1, 0.15) is 23.3 Å². The number of hydrogen-bond donors (Lipinski definition) is 0. The molecule has 5 nitrogen and oxygen atoms in total. The van der Waals surface area contributed by atoms with Gasteiger partial charge in [0.1, 0.15) is 5.76 Å². The van der Waals surface area contributed by atoms with Crippen LogP contribution in [0.15, 0.2) is 34.9 Å². The molecule has 0 radical (unpaired) electrons. The van der Waals surface area contributed by atoms with Crippen molar-refractivity contribution in [2.75, 3.05) is 4.90 Å². The maximum atomic E-state index is 12.4. The number of imide groups is 1. The summed E-state index contributed by atoms with van der Waals surface area (Å²) < 4.78 is 4.95. The summed E-state index contributed by atoms with van der Waals surface area (Å²) in [6.07, 6.45) is 0.790. The second-order valence-corrected chi connectivity index (χ2v) is 5.46. The molecule has 1 aliphatic rings. The molecular weight excluding hydrogens is 268 g/mol. The molecule has 5 heteroatoms. The van der Waals surface area contributed by atoms with Gasteiger partial charge in [-0.25, -0.2) is 4.90 Å². The van der Waals surface area contributed by atoms with Gasteiger partial charge in [-0.3, -0.25) is 9.59 Å². The molecule has 0 spiro atoms. The maximum Gasteiger partial charge on any atom is 0.239 e. The average Bonchev–Trinajstić information content (AvgIpc) is 2.94. The van der Waals surface area contributed by atoms with Crippen molar-refractivity contribution < 1.29 is 14.1 Å². The minimum atomic E-state index is -0.323. The number of nitrogens with zero attached hydrogens (tertiary/aromatic N) is 2. The Balaban J connectivity index is 1.80. The summed E-state index contributed by atoms with van der Waals surface area (Å²) >= 11 is 0. The minimum Gasteiger partial charge on any atom is -0.360 e. The smallest absolute Gasteiger partial charge is 0.239 e. The summed E-state index contributed by atoms with van der Waals surface area (Å²) in [5.41, 5.74) is 2.22. The highest BCUT2D eigenvalue weighted by Crippen LogP contribution is 2.28. The lowest BCUT2D eigenvalue weighted by atomic mass is 9.97. The lowest BCUT2D eigenvalue weighted by Gasteiger charge is -2.11. The third kappa shape index (κ3) is 2.59. The first-order valence-electron chi connectivity index (χ1n) is 6.90. The third-order valence-electron chi connectivity index (χ3n) is 3.65. The summed E-state index contributed by atoms with van der Waals surface area (Å²) in [6, 6.07) is 9.60. The number of amides is 2. The molecule has 2 heterocycles. The van der Waals surface area contributed by atoms with Crippen LogP contribution in [0.4, 0.5) is 5.82 Å². The molecule has 0 N–H and O–H groups in total. The fourth-order valence-corrected chi connectivity index (χ4v) is 2.68. The molecule has 108 valence electrons. The molecule has 0 saturated carbocycles. The predicted molar refractivity (Wildman–Crippen MR) is 76.7 cm³/mol. The summed E-state index contributed by atoms with van der Waals surface area (Å²) in [7, 11) is 0. The number of carbonyl (C=O) groups is 2. The third-order valence-corrected chi connectivity index (χ3v) is 3.65. The first kappa shape index (κ1) is 13.5. The molecule has 2 amide bonds. The van der Waals surface area contributed by atoms with Gasteiger partial charge in [0.15, 0.2) is 5.82 Å². The van der Waals surface area contributed by atoms with Crippen LogP contribution in [0.5, 0.6) is 0 Å². The number of benzene rings is 1. The molecule has 21 heavy (non-hydrogen) atoms. The monoisotopic (exact) mass is 284 g/mol. The summed E-state index contributed by atoms with van der Waals surface area (Å²) in [6.45, 7) is 3.74. The van der Waals surface area contributed by atoms with E-state index in [2.05, 4.69) is 5.16 Å². The molecule has 1 aliphatic heterocycles. The van der Waals surface area contributed by atoms with E-state index < -0.39 is 0 Å². The zero-order valence-corrected chi connectivity index (χ0v) is 12.0. The second kappa shape index (κ2) is 5.16. The Morgan fingerprint density at radius 3 is 2.76 bits per heavy atom. The molecule has 1 unspecified atom stereocenters. The van der Waals surface area contributed by atoms with Crippen LogP contribution in [0, 0.1) is 19.8 Å². The van der Waals surface area contributed by atoms with Crippen molar-refractivity contribution in [1.82, 2.24) is 5.16 Å². The van der Waals surface area contributed by atoms with Gasteiger partial charge in [-0.15, -0.1) is 0 Å². The molecule has 1 fully saturated rings. The van der Waals surface area contributed by atoms with Gasteiger partial charge in [0, 0.05) is 12.5 Å². The predicted octanol–water partition coefficient (Wildman–Crippen LogP) is 2.41. The van der Waals surface area contributed by atoms with E-state index in [1.165, 1.54) is 0 Å². The zero-order chi connectivity index (χ0) is 15.0. The van der Waals surface area contributed by atoms with Crippen molar-refractivity contribution in [2.24, 2.45) is 5.92 Å². The lowest BCUT2D eigenvalue weighted by Crippen LogP contribution is -2.31. The van der Waals surface area contributed by atoms with Crippen LogP contribution in [0.3, 0.4) is 0 Å². The Kier molecular flexibility index (Phi) is 3.33. The number of aryl methyl sites for hydroxylation is 2. The van der Waals surface area contributed by atoms with Crippen LogP contribution >= 0.6 is 0 Å². The minimum absolute atomic E-state index is 0.199. The van der Waals surface area contributed by atoms with E-state index in [-0.39, 0.29) is 30.0 Å². The zero-order valence-electron chi connectivity index (χ0n) is 12.0. The second-order valence-electron chi connectivity index (χ2n) is 5.46. The van der Waals surface area contributed by atoms with E-state index in [0.29, 0.717) is 12.2 Å². The topological polar surface area (TPSA) is 63.4 Å². The van der Waals surface area contributed by atoms with Gasteiger partial charge in [0.05, 0.1) is 5.92 Å². The van der Waals surface area contributed by atoms with Crippen LogP contribution in [0.2, 0.25) is 0 Å². The highest BCUT2D eigenvalue weighted by atomic mass is 16.5. The van der Waals surface area contributed by atoms with Crippen LogP contribution < -0.4 is 4.90 Å². The van der Waals surface area contributed by atoms with Crippen LogP contribution in [-0.2, 0) is 16.0 Å². The summed E-state index contributed by atoms with van der Waals surface area (Å²) in [5.74, 6) is 0.124. The number of carbonyl (C=O) groups excluding carboxylic acids is 2. The molecule has 1 atom stereocenters. The normalized spacial score (nSPS) is 18.6. The molecule has 1 aromatic carbocycles. The average molecular weight is 284 g/mol. The van der Waals surface area contributed by atoms with E-state index in [4.69, 9.17) is 4.52 Å². The van der Waals surface area contributed by atoms with Crippen molar-refractivity contribution >= 4 is 17.6 Å². The van der Waals surface area contributed by atoms with E-state index in [1.807, 2.05) is 31.2 Å². The highest BCUT2D eigenvalue weighted by molar-refractivity contribution is 6.20. The van der Waals surface area contributed by atoms with Gasteiger partial charge in [-0.1, -0.05) is 35.0 Å². The Morgan fingerprint density at radius 2 is 2.10 bits per heavy atom. The first-order chi connectivity index (χ1) is 10.0. The molecular formula is C16H16N2O3. The van der Waals surface area contributed by atoms with Gasteiger partial charge in [0.2, 0.25) is 11.8 Å². The quantitative estimate of drug-likeness (QED) is 0.812. The summed E-state index contributed by atoms with van der Waals surface area (Å²) in [5, 5.41) is 3.76. The van der Waals surface area contributed by atoms with E-state index in [0.717, 1.165) is 16.0 Å². The Bertz CT molecular complexity index is 705. The highest BCUT2D eigenvalue weighted by Gasteiger charge is 2.40. The first-order valence-corrected chi connectivity index (χ1v) is 6.90. The fourth-order valence-electron chi connectivity index (χ4n) is 2.68. The molecule has 2 aromatic rings. The Labute approximate surface area is 122 Å². The SMILES string of the molecule is Cc1cccc(CC2CC(=O)N(c3cc(C)on3)C2=O)c1. The van der Waals surface area contributed by atoms with Crippen molar-refractivity contribution in [1.29, 1.82) is 0 Å². The fraction of sp³-hybridized carbons (Fsp3) is 0.312. The molecule has 3 rings (SSSR count). The number of rotatable bonds is 3. The van der Waals surface area contributed by atoms with Crippen LogP contribution in [0.25, 0.3) is 0 Å². The Hall–Kier alpha value is -2.43. The van der Waals surface area contributed by atoms with E-state index >= 15 is 0 Å².